The molecule has 0 N–H and O–H groups in total. The molecule has 14 heteroatoms. The largest absolute Gasteiger partial charge is 0.497 e. The van der Waals surface area contributed by atoms with E-state index >= 15 is 13.2 Å². The van der Waals surface area contributed by atoms with Gasteiger partial charge < -0.3 is 28.9 Å². The summed E-state index contributed by atoms with van der Waals surface area (Å²) in [6, 6.07) is 16.9. The molecule has 1 saturated heterocycles. The fraction of sp³-hybridized carbons (Fsp3) is 0.488. The molecule has 0 saturated carbocycles. The number of hydrogen-bond donors (Lipinski definition) is 0. The molecule has 1 aliphatic carbocycles. The van der Waals surface area contributed by atoms with Crippen LogP contribution in [0.2, 0.25) is 0 Å². The van der Waals surface area contributed by atoms with Crippen molar-refractivity contribution in [2.24, 2.45) is 11.8 Å². The zero-order chi connectivity index (χ0) is 41.2. The number of methoxy groups -OCH3 is 2. The second-order valence-corrected chi connectivity index (χ2v) is 17.0. The maximum absolute atomic E-state index is 15.1. The van der Waals surface area contributed by atoms with Crippen molar-refractivity contribution in [2.75, 3.05) is 57.0 Å². The van der Waals surface area contributed by atoms with Gasteiger partial charge >= 0.3 is 12.3 Å². The van der Waals surface area contributed by atoms with E-state index in [0.29, 0.717) is 68.0 Å². The average Bonchev–Trinajstić information content (AvgIpc) is 3.14. The minimum atomic E-state index is -4.61. The van der Waals surface area contributed by atoms with Gasteiger partial charge in [0, 0.05) is 57.2 Å². The number of benzene rings is 2. The Kier molecular flexibility index (Phi) is 12.5. The highest BCUT2D eigenvalue weighted by Gasteiger charge is 2.42. The van der Waals surface area contributed by atoms with E-state index in [1.165, 1.54) is 18.7 Å². The molecule has 2 atom stereocenters. The van der Waals surface area contributed by atoms with E-state index in [1.807, 2.05) is 94.4 Å². The van der Waals surface area contributed by atoms with E-state index < -0.39 is 23.3 Å². The first kappa shape index (κ1) is 41.9. The number of likely N-dealkylation sites (tertiary alicyclic amines) is 1. The van der Waals surface area contributed by atoms with E-state index in [0.717, 1.165) is 28.2 Å². The van der Waals surface area contributed by atoms with E-state index in [-0.39, 0.29) is 29.2 Å². The number of carbonyl (C=O) groups is 1. The number of thioether (sulfide) groups is 1. The minimum absolute atomic E-state index is 0.0426. The highest BCUT2D eigenvalue weighted by molar-refractivity contribution is 7.98. The Hall–Kier alpha value is -4.72. The quantitative estimate of drug-likeness (QED) is 0.102. The highest BCUT2D eigenvalue weighted by atomic mass is 32.2. The summed E-state index contributed by atoms with van der Waals surface area (Å²) in [5.74, 6) is 2.16. The number of nitrogens with zero attached hydrogens (tertiary/aromatic N) is 6. The van der Waals surface area contributed by atoms with Crippen molar-refractivity contribution in [3.63, 3.8) is 0 Å². The van der Waals surface area contributed by atoms with Gasteiger partial charge in [-0.05, 0) is 99.7 Å². The Balaban J connectivity index is 1.33. The third kappa shape index (κ3) is 9.88. The summed E-state index contributed by atoms with van der Waals surface area (Å²) in [6.07, 6.45) is -2.25. The monoisotopic (exact) mass is 806 g/mol. The number of aryl methyl sites for hydroxylation is 1. The van der Waals surface area contributed by atoms with Gasteiger partial charge in [0.25, 0.3) is 0 Å². The third-order valence-corrected chi connectivity index (χ3v) is 11.2. The summed E-state index contributed by atoms with van der Waals surface area (Å²) in [6.45, 7) is 11.7. The Labute approximate surface area is 338 Å². The van der Waals surface area contributed by atoms with Crippen molar-refractivity contribution in [1.82, 2.24) is 19.9 Å². The van der Waals surface area contributed by atoms with Gasteiger partial charge in [0.2, 0.25) is 0 Å². The summed E-state index contributed by atoms with van der Waals surface area (Å²) < 4.78 is 61.6. The smallest absolute Gasteiger partial charge is 0.418 e. The number of ether oxygens (including phenoxy) is 3. The fourth-order valence-corrected chi connectivity index (χ4v) is 8.13. The van der Waals surface area contributed by atoms with Gasteiger partial charge in [0.1, 0.15) is 28.7 Å². The first-order chi connectivity index (χ1) is 27.0. The molecule has 1 fully saturated rings. The first-order valence-corrected chi connectivity index (χ1v) is 20.4. The van der Waals surface area contributed by atoms with Crippen LogP contribution in [0, 0.1) is 18.8 Å². The van der Waals surface area contributed by atoms with Crippen molar-refractivity contribution in [2.45, 2.75) is 83.4 Å². The van der Waals surface area contributed by atoms with Gasteiger partial charge in [-0.25, -0.2) is 19.7 Å². The number of halogens is 3. The van der Waals surface area contributed by atoms with Crippen LogP contribution in [-0.2, 0) is 36.8 Å². The molecule has 0 spiro atoms. The van der Waals surface area contributed by atoms with Gasteiger partial charge in [-0.15, -0.1) is 0 Å². The van der Waals surface area contributed by atoms with Crippen LogP contribution in [0.3, 0.4) is 0 Å². The molecule has 0 bridgehead atoms. The number of rotatable bonds is 12. The molecule has 2 aromatic heterocycles. The van der Waals surface area contributed by atoms with Crippen molar-refractivity contribution in [1.29, 1.82) is 0 Å². The van der Waals surface area contributed by atoms with E-state index in [1.54, 1.807) is 25.2 Å². The number of alkyl halides is 3. The fourth-order valence-electron chi connectivity index (χ4n) is 7.75. The zero-order valence-electron chi connectivity index (χ0n) is 34.2. The van der Waals surface area contributed by atoms with Crippen LogP contribution in [-0.4, -0.2) is 78.7 Å². The SMILES string of the molecule is COc1ccc(CN(Cc2ccc(OC)cc2)c2cc(C)c(C(F)(F)F)c(C3Cc4nc(SC)nc(N(C)CC5CN(C(=O)OC(C)(C)C)C5)c4CC3C)n2)cc1. The maximum atomic E-state index is 15.1. The molecule has 0 radical (unpaired) electrons. The van der Waals surface area contributed by atoms with Crippen molar-refractivity contribution < 1.29 is 32.2 Å². The number of anilines is 2. The van der Waals surface area contributed by atoms with Gasteiger partial charge in [-0.1, -0.05) is 43.0 Å². The summed E-state index contributed by atoms with van der Waals surface area (Å²) in [7, 11) is 5.20. The molecule has 10 nitrogen and oxygen atoms in total. The second-order valence-electron chi connectivity index (χ2n) is 16.2. The van der Waals surface area contributed by atoms with Crippen LogP contribution >= 0.6 is 11.8 Å². The van der Waals surface area contributed by atoms with Crippen molar-refractivity contribution in [3.8, 4) is 11.5 Å². The topological polar surface area (TPSA) is 93.2 Å². The molecule has 1 amide bonds. The normalized spacial score (nSPS) is 17.1. The Bertz CT molecular complexity index is 1990. The molecular weight excluding hydrogens is 754 g/mol. The van der Waals surface area contributed by atoms with Crippen LogP contribution in [0.1, 0.15) is 72.8 Å². The van der Waals surface area contributed by atoms with E-state index in [4.69, 9.17) is 29.2 Å². The van der Waals surface area contributed by atoms with E-state index in [9.17, 15) is 4.79 Å². The highest BCUT2D eigenvalue weighted by Crippen LogP contribution is 2.45. The lowest BCUT2D eigenvalue weighted by Crippen LogP contribution is -2.54. The lowest BCUT2D eigenvalue weighted by atomic mass is 9.75. The minimum Gasteiger partial charge on any atom is -0.497 e. The third-order valence-electron chi connectivity index (χ3n) is 10.6. The Morgan fingerprint density at radius 1 is 0.912 bits per heavy atom. The molecule has 6 rings (SSSR count). The predicted octanol–water partition coefficient (Wildman–Crippen LogP) is 8.97. The number of aromatic nitrogens is 3. The summed E-state index contributed by atoms with van der Waals surface area (Å²) in [4.78, 5) is 33.2. The zero-order valence-corrected chi connectivity index (χ0v) is 35.1. The molecular formula is C43H53F3N6O4S. The second kappa shape index (κ2) is 17.0. The van der Waals surface area contributed by atoms with Crippen molar-refractivity contribution >= 4 is 29.5 Å². The van der Waals surface area contributed by atoms with Crippen molar-refractivity contribution in [3.05, 3.63) is 93.8 Å². The summed E-state index contributed by atoms with van der Waals surface area (Å²) in [5.41, 5.74) is 2.54. The Morgan fingerprint density at radius 2 is 1.49 bits per heavy atom. The Morgan fingerprint density at radius 3 is 2.00 bits per heavy atom. The van der Waals surface area contributed by atoms with Gasteiger partial charge in [-0.3, -0.25) is 0 Å². The van der Waals surface area contributed by atoms with Crippen LogP contribution < -0.4 is 19.3 Å². The van der Waals surface area contributed by atoms with Gasteiger partial charge in [0.05, 0.1) is 31.2 Å². The number of carbonyl (C=O) groups excluding carboxylic acids is 1. The molecule has 57 heavy (non-hydrogen) atoms. The number of fused-ring (bicyclic) bond motifs is 1. The molecule has 2 aliphatic rings. The molecule has 1 aliphatic heterocycles. The lowest BCUT2D eigenvalue weighted by Gasteiger charge is -2.42. The molecule has 4 aromatic rings. The van der Waals surface area contributed by atoms with Gasteiger partial charge in [0.15, 0.2) is 5.16 Å². The lowest BCUT2D eigenvalue weighted by molar-refractivity contribution is -0.139. The van der Waals surface area contributed by atoms with Crippen LogP contribution in [0.5, 0.6) is 11.5 Å². The maximum Gasteiger partial charge on any atom is 0.418 e. The molecule has 2 unspecified atom stereocenters. The predicted molar refractivity (Wildman–Crippen MR) is 218 cm³/mol. The van der Waals surface area contributed by atoms with E-state index in [2.05, 4.69) is 4.90 Å². The molecule has 3 heterocycles. The van der Waals surface area contributed by atoms with Crippen LogP contribution in [0.15, 0.2) is 59.8 Å². The molecule has 2 aromatic carbocycles. The standard InChI is InChI=1S/C43H53F3N6O4S/c1-26-18-34-35(47-40(57-9)49-39(34)50(6)21-30-24-52(25-30)41(53)56-42(3,4)5)20-33(26)38-37(43(44,45)46)27(2)19-36(48-38)51(22-28-10-14-31(54-7)15-11-28)23-29-12-16-32(55-8)17-13-29/h10-17,19,26,30,33H,18,20-25H2,1-9H3. The summed E-state index contributed by atoms with van der Waals surface area (Å²) in [5, 5.41) is 0.562. The number of pyridine rings is 1. The average molecular weight is 807 g/mol. The number of amides is 1. The van der Waals surface area contributed by atoms with Crippen LogP contribution in [0.4, 0.5) is 29.6 Å². The van der Waals surface area contributed by atoms with Crippen LogP contribution in [0.25, 0.3) is 0 Å². The van der Waals surface area contributed by atoms with Gasteiger partial charge in [-0.2, -0.15) is 13.2 Å². The molecule has 306 valence electrons. The number of hydrogen-bond acceptors (Lipinski definition) is 10. The summed E-state index contributed by atoms with van der Waals surface area (Å²) >= 11 is 1.41. The first-order valence-electron chi connectivity index (χ1n) is 19.2.